The van der Waals surface area contributed by atoms with Crippen LogP contribution in [0.4, 0.5) is 5.69 Å². The minimum atomic E-state index is -0.113. The number of carbonyl (C=O) groups is 2. The normalized spacial score (nSPS) is 12.4. The zero-order valence-corrected chi connectivity index (χ0v) is 15.9. The van der Waals surface area contributed by atoms with Gasteiger partial charge < -0.3 is 20.5 Å². The summed E-state index contributed by atoms with van der Waals surface area (Å²) < 4.78 is 5.63. The fourth-order valence-electron chi connectivity index (χ4n) is 3.27. The van der Waals surface area contributed by atoms with E-state index in [0.29, 0.717) is 37.2 Å². The number of phenolic OH excluding ortho intramolecular Hbond substituents is 1. The van der Waals surface area contributed by atoms with Gasteiger partial charge in [-0.25, -0.2) is 0 Å². The van der Waals surface area contributed by atoms with Crippen molar-refractivity contribution in [1.82, 2.24) is 5.32 Å². The molecule has 2 aromatic rings. The summed E-state index contributed by atoms with van der Waals surface area (Å²) >= 11 is 0. The van der Waals surface area contributed by atoms with Gasteiger partial charge in [-0.05, 0) is 49.4 Å². The van der Waals surface area contributed by atoms with Crippen LogP contribution in [0, 0.1) is 0 Å². The largest absolute Gasteiger partial charge is 0.508 e. The van der Waals surface area contributed by atoms with Crippen molar-refractivity contribution in [3.63, 3.8) is 0 Å². The lowest BCUT2D eigenvalue weighted by molar-refractivity contribution is -0.121. The van der Waals surface area contributed by atoms with Crippen molar-refractivity contribution in [3.05, 3.63) is 53.6 Å². The van der Waals surface area contributed by atoms with Crippen LogP contribution in [-0.4, -0.2) is 30.1 Å². The van der Waals surface area contributed by atoms with Crippen LogP contribution < -0.4 is 15.4 Å². The third kappa shape index (κ3) is 5.49. The topological polar surface area (TPSA) is 87.7 Å². The molecule has 148 valence electrons. The quantitative estimate of drug-likeness (QED) is 0.551. The van der Waals surface area contributed by atoms with E-state index in [4.69, 9.17) is 4.74 Å². The van der Waals surface area contributed by atoms with Gasteiger partial charge in [0.15, 0.2) is 0 Å². The Balaban J connectivity index is 1.29. The van der Waals surface area contributed by atoms with Gasteiger partial charge in [0.25, 0.3) is 0 Å². The molecule has 2 aromatic carbocycles. The molecule has 1 aliphatic heterocycles. The highest BCUT2D eigenvalue weighted by molar-refractivity contribution is 6.01. The Labute approximate surface area is 164 Å². The summed E-state index contributed by atoms with van der Waals surface area (Å²) in [5, 5.41) is 15.5. The van der Waals surface area contributed by atoms with Gasteiger partial charge in [0.1, 0.15) is 11.5 Å². The molecule has 0 saturated carbocycles. The second-order valence-corrected chi connectivity index (χ2v) is 6.89. The molecule has 0 unspecified atom stereocenters. The van der Waals surface area contributed by atoms with E-state index in [1.165, 1.54) is 0 Å². The van der Waals surface area contributed by atoms with Gasteiger partial charge in [-0.1, -0.05) is 24.3 Å². The number of amides is 2. The van der Waals surface area contributed by atoms with Crippen molar-refractivity contribution in [2.75, 3.05) is 18.5 Å². The van der Waals surface area contributed by atoms with Crippen LogP contribution in [0.25, 0.3) is 0 Å². The molecular weight excluding hydrogens is 356 g/mol. The third-order valence-corrected chi connectivity index (χ3v) is 4.75. The number of fused-ring (bicyclic) bond motifs is 1. The predicted molar refractivity (Wildman–Crippen MR) is 108 cm³/mol. The van der Waals surface area contributed by atoms with E-state index < -0.39 is 0 Å². The summed E-state index contributed by atoms with van der Waals surface area (Å²) in [4.78, 5) is 23.5. The Morgan fingerprint density at radius 2 is 1.93 bits per heavy atom. The maximum absolute atomic E-state index is 12.0. The first-order valence-electron chi connectivity index (χ1n) is 9.71. The predicted octanol–water partition coefficient (Wildman–Crippen LogP) is 3.18. The Morgan fingerprint density at radius 3 is 2.75 bits per heavy atom. The lowest BCUT2D eigenvalue weighted by Gasteiger charge is -2.10. The summed E-state index contributed by atoms with van der Waals surface area (Å²) in [5.74, 6) is 0.927. The number of rotatable bonds is 10. The molecule has 1 heterocycles. The van der Waals surface area contributed by atoms with Crippen LogP contribution in [-0.2, 0) is 22.4 Å². The number of phenols is 1. The van der Waals surface area contributed by atoms with Crippen molar-refractivity contribution in [3.8, 4) is 11.5 Å². The van der Waals surface area contributed by atoms with E-state index in [-0.39, 0.29) is 24.0 Å². The second kappa shape index (κ2) is 9.78. The van der Waals surface area contributed by atoms with Crippen molar-refractivity contribution in [1.29, 1.82) is 0 Å². The lowest BCUT2D eigenvalue weighted by atomic mass is 10.0. The molecule has 0 aromatic heterocycles. The van der Waals surface area contributed by atoms with Crippen molar-refractivity contribution in [2.45, 2.75) is 38.5 Å². The first kappa shape index (κ1) is 19.7. The molecule has 0 atom stereocenters. The van der Waals surface area contributed by atoms with E-state index >= 15 is 0 Å². The molecule has 0 saturated heterocycles. The van der Waals surface area contributed by atoms with E-state index in [0.717, 1.165) is 30.6 Å². The number of aromatic hydroxyl groups is 1. The number of anilines is 1. The lowest BCUT2D eigenvalue weighted by Crippen LogP contribution is -2.25. The van der Waals surface area contributed by atoms with Crippen LogP contribution in [0.2, 0.25) is 0 Å². The molecule has 6 heteroatoms. The Morgan fingerprint density at radius 1 is 1.11 bits per heavy atom. The zero-order chi connectivity index (χ0) is 19.8. The fraction of sp³-hybridized carbons (Fsp3) is 0.364. The number of unbranched alkanes of at least 4 members (excludes halogenated alkanes) is 2. The van der Waals surface area contributed by atoms with Crippen LogP contribution in [0.5, 0.6) is 11.5 Å². The molecule has 0 radical (unpaired) electrons. The first-order chi connectivity index (χ1) is 13.6. The van der Waals surface area contributed by atoms with E-state index in [1.54, 1.807) is 12.1 Å². The summed E-state index contributed by atoms with van der Waals surface area (Å²) in [7, 11) is 0. The molecule has 28 heavy (non-hydrogen) atoms. The number of carbonyl (C=O) groups excluding carboxylic acids is 2. The number of para-hydroxylation sites is 1. The molecule has 0 fully saturated rings. The minimum absolute atomic E-state index is 0.0310. The van der Waals surface area contributed by atoms with Gasteiger partial charge in [0.2, 0.25) is 11.8 Å². The summed E-state index contributed by atoms with van der Waals surface area (Å²) in [5.41, 5.74) is 2.27. The monoisotopic (exact) mass is 382 g/mol. The number of benzene rings is 2. The SMILES string of the molecule is O=C(CCCCCOc1ccccc1)NCCc1ccc(O)c2c1NC(=O)C2. The average Bonchev–Trinajstić information content (AvgIpc) is 3.10. The van der Waals surface area contributed by atoms with Crippen molar-refractivity contribution < 1.29 is 19.4 Å². The van der Waals surface area contributed by atoms with Gasteiger partial charge in [-0.15, -0.1) is 0 Å². The molecule has 0 bridgehead atoms. The van der Waals surface area contributed by atoms with Gasteiger partial charge >= 0.3 is 0 Å². The van der Waals surface area contributed by atoms with Crippen molar-refractivity contribution >= 4 is 17.5 Å². The average molecular weight is 382 g/mol. The van der Waals surface area contributed by atoms with Gasteiger partial charge in [-0.2, -0.15) is 0 Å². The highest BCUT2D eigenvalue weighted by Crippen LogP contribution is 2.34. The summed E-state index contributed by atoms with van der Waals surface area (Å²) in [6.45, 7) is 1.16. The van der Waals surface area contributed by atoms with Crippen LogP contribution in [0.15, 0.2) is 42.5 Å². The summed E-state index contributed by atoms with van der Waals surface area (Å²) in [6, 6.07) is 13.1. The molecule has 3 N–H and O–H groups in total. The number of nitrogens with one attached hydrogen (secondary N) is 2. The van der Waals surface area contributed by atoms with Gasteiger partial charge in [0.05, 0.1) is 18.7 Å². The smallest absolute Gasteiger partial charge is 0.229 e. The second-order valence-electron chi connectivity index (χ2n) is 6.89. The summed E-state index contributed by atoms with van der Waals surface area (Å²) in [6.07, 6.45) is 4.00. The van der Waals surface area contributed by atoms with Crippen LogP contribution >= 0.6 is 0 Å². The molecule has 6 nitrogen and oxygen atoms in total. The number of hydrogen-bond acceptors (Lipinski definition) is 4. The highest BCUT2D eigenvalue weighted by Gasteiger charge is 2.23. The van der Waals surface area contributed by atoms with Crippen LogP contribution in [0.1, 0.15) is 36.8 Å². The molecule has 3 rings (SSSR count). The standard InChI is InChI=1S/C22H26N2O4/c25-19-11-10-16(22-18(19)15-21(27)24-22)12-13-23-20(26)9-5-2-6-14-28-17-7-3-1-4-8-17/h1,3-4,7-8,10-11,25H,2,5-6,9,12-15H2,(H,23,26)(H,24,27). The Kier molecular flexibility index (Phi) is 6.89. The van der Waals surface area contributed by atoms with Crippen molar-refractivity contribution in [2.24, 2.45) is 0 Å². The minimum Gasteiger partial charge on any atom is -0.508 e. The highest BCUT2D eigenvalue weighted by atomic mass is 16.5. The third-order valence-electron chi connectivity index (χ3n) is 4.75. The zero-order valence-electron chi connectivity index (χ0n) is 15.9. The fourth-order valence-corrected chi connectivity index (χ4v) is 3.27. The Bertz CT molecular complexity index is 821. The maximum atomic E-state index is 12.0. The van der Waals surface area contributed by atoms with Crippen LogP contribution in [0.3, 0.4) is 0 Å². The van der Waals surface area contributed by atoms with E-state index in [9.17, 15) is 14.7 Å². The molecule has 2 amide bonds. The van der Waals surface area contributed by atoms with E-state index in [1.807, 2.05) is 30.3 Å². The van der Waals surface area contributed by atoms with E-state index in [2.05, 4.69) is 10.6 Å². The molecule has 0 aliphatic carbocycles. The number of hydrogen-bond donors (Lipinski definition) is 3. The molecule has 1 aliphatic rings. The molecular formula is C22H26N2O4. The Hall–Kier alpha value is -3.02. The maximum Gasteiger partial charge on any atom is 0.229 e. The molecule has 0 spiro atoms. The van der Waals surface area contributed by atoms with Gasteiger partial charge in [0, 0.05) is 18.5 Å². The number of ether oxygens (including phenoxy) is 1. The first-order valence-corrected chi connectivity index (χ1v) is 9.71. The van der Waals surface area contributed by atoms with Gasteiger partial charge in [-0.3, -0.25) is 9.59 Å².